The molecule has 2 atom stereocenters. The Kier molecular flexibility index (Phi) is 3.37. The van der Waals surface area contributed by atoms with Crippen LogP contribution in [0.15, 0.2) is 22.8 Å². The second kappa shape index (κ2) is 4.97. The van der Waals surface area contributed by atoms with Crippen molar-refractivity contribution >= 4 is 21.7 Å². The first-order valence-corrected chi connectivity index (χ1v) is 7.50. The topological polar surface area (TPSA) is 16.1 Å². The molecule has 1 aliphatic heterocycles. The van der Waals surface area contributed by atoms with Crippen molar-refractivity contribution in [3.63, 3.8) is 0 Å². The zero-order chi connectivity index (χ0) is 11.7. The van der Waals surface area contributed by atoms with Crippen LogP contribution in [0, 0.1) is 11.8 Å². The van der Waals surface area contributed by atoms with E-state index in [0.717, 1.165) is 22.3 Å². The maximum absolute atomic E-state index is 4.58. The van der Waals surface area contributed by atoms with Gasteiger partial charge in [-0.3, -0.25) is 0 Å². The van der Waals surface area contributed by atoms with Gasteiger partial charge in [-0.05, 0) is 52.7 Å². The highest BCUT2D eigenvalue weighted by Gasteiger charge is 2.31. The van der Waals surface area contributed by atoms with Gasteiger partial charge in [0.25, 0.3) is 0 Å². The number of pyridine rings is 1. The van der Waals surface area contributed by atoms with Crippen LogP contribution in [0.4, 0.5) is 5.82 Å². The first kappa shape index (κ1) is 11.5. The summed E-state index contributed by atoms with van der Waals surface area (Å²) in [6, 6.07) is 6.21. The Labute approximate surface area is 112 Å². The lowest BCUT2D eigenvalue weighted by Gasteiger charge is -2.41. The van der Waals surface area contributed by atoms with Gasteiger partial charge in [-0.15, -0.1) is 0 Å². The Morgan fingerprint density at radius 2 is 1.94 bits per heavy atom. The maximum atomic E-state index is 4.58. The highest BCUT2D eigenvalue weighted by molar-refractivity contribution is 9.10. The molecule has 3 rings (SSSR count). The number of rotatable bonds is 1. The average molecular weight is 295 g/mol. The maximum Gasteiger partial charge on any atom is 0.129 e. The Balaban J connectivity index is 1.73. The molecule has 17 heavy (non-hydrogen) atoms. The molecule has 0 bridgehead atoms. The highest BCUT2D eigenvalue weighted by Crippen LogP contribution is 2.37. The fourth-order valence-corrected chi connectivity index (χ4v) is 3.72. The Bertz CT molecular complexity index is 394. The molecule has 2 nitrogen and oxygen atoms in total. The lowest BCUT2D eigenvalue weighted by Crippen LogP contribution is -2.42. The normalized spacial score (nSPS) is 28.9. The first-order chi connectivity index (χ1) is 8.33. The van der Waals surface area contributed by atoms with Gasteiger partial charge in [0, 0.05) is 13.1 Å². The van der Waals surface area contributed by atoms with Crippen molar-refractivity contribution in [2.24, 2.45) is 11.8 Å². The van der Waals surface area contributed by atoms with E-state index >= 15 is 0 Å². The number of aromatic nitrogens is 1. The lowest BCUT2D eigenvalue weighted by molar-refractivity contribution is 0.202. The van der Waals surface area contributed by atoms with Crippen LogP contribution in [0.25, 0.3) is 0 Å². The van der Waals surface area contributed by atoms with Gasteiger partial charge in [0.05, 0.1) is 0 Å². The molecular formula is C14H19BrN2. The summed E-state index contributed by atoms with van der Waals surface area (Å²) >= 11 is 3.46. The van der Waals surface area contributed by atoms with Gasteiger partial charge in [-0.25, -0.2) is 4.98 Å². The highest BCUT2D eigenvalue weighted by atomic mass is 79.9. The van der Waals surface area contributed by atoms with E-state index in [0.29, 0.717) is 0 Å². The predicted molar refractivity (Wildman–Crippen MR) is 74.2 cm³/mol. The molecule has 0 amide bonds. The molecule has 2 unspecified atom stereocenters. The number of nitrogens with zero attached hydrogens (tertiary/aromatic N) is 2. The fourth-order valence-electron chi connectivity index (χ4n) is 3.38. The summed E-state index contributed by atoms with van der Waals surface area (Å²) in [6.45, 7) is 2.40. The third-order valence-electron chi connectivity index (χ3n) is 4.32. The zero-order valence-electron chi connectivity index (χ0n) is 10.1. The minimum atomic E-state index is 0.915. The number of piperidine rings is 1. The van der Waals surface area contributed by atoms with Gasteiger partial charge in [0.15, 0.2) is 0 Å². The summed E-state index contributed by atoms with van der Waals surface area (Å²) in [4.78, 5) is 7.05. The van der Waals surface area contributed by atoms with Crippen LogP contribution in [-0.4, -0.2) is 18.1 Å². The quantitative estimate of drug-likeness (QED) is 0.731. The molecule has 1 aliphatic carbocycles. The van der Waals surface area contributed by atoms with Gasteiger partial charge in [0.1, 0.15) is 10.4 Å². The largest absolute Gasteiger partial charge is 0.356 e. The van der Waals surface area contributed by atoms with E-state index < -0.39 is 0 Å². The molecule has 1 aromatic rings. The summed E-state index contributed by atoms with van der Waals surface area (Å²) in [5, 5.41) is 0. The third-order valence-corrected chi connectivity index (χ3v) is 4.76. The Morgan fingerprint density at radius 3 is 2.76 bits per heavy atom. The Morgan fingerprint density at radius 1 is 1.12 bits per heavy atom. The zero-order valence-corrected chi connectivity index (χ0v) is 11.7. The molecule has 2 fully saturated rings. The van der Waals surface area contributed by atoms with Crippen molar-refractivity contribution in [3.8, 4) is 0 Å². The van der Waals surface area contributed by atoms with Crippen molar-refractivity contribution in [1.29, 1.82) is 0 Å². The van der Waals surface area contributed by atoms with Crippen molar-refractivity contribution in [2.75, 3.05) is 18.0 Å². The Hall–Kier alpha value is -0.570. The molecule has 92 valence electrons. The number of halogens is 1. The van der Waals surface area contributed by atoms with Crippen molar-refractivity contribution in [1.82, 2.24) is 4.98 Å². The molecule has 0 radical (unpaired) electrons. The number of anilines is 1. The molecule has 1 saturated heterocycles. The summed E-state index contributed by atoms with van der Waals surface area (Å²) < 4.78 is 0.945. The van der Waals surface area contributed by atoms with Gasteiger partial charge >= 0.3 is 0 Å². The fraction of sp³-hybridized carbons (Fsp3) is 0.643. The smallest absolute Gasteiger partial charge is 0.129 e. The van der Waals surface area contributed by atoms with E-state index in [1.165, 1.54) is 45.2 Å². The molecule has 2 aliphatic rings. The van der Waals surface area contributed by atoms with Gasteiger partial charge in [0.2, 0.25) is 0 Å². The van der Waals surface area contributed by atoms with E-state index in [2.05, 4.69) is 37.9 Å². The van der Waals surface area contributed by atoms with E-state index in [-0.39, 0.29) is 0 Å². The minimum Gasteiger partial charge on any atom is -0.356 e. The second-order valence-corrected chi connectivity index (χ2v) is 6.17. The van der Waals surface area contributed by atoms with E-state index in [4.69, 9.17) is 0 Å². The summed E-state index contributed by atoms with van der Waals surface area (Å²) in [5.74, 6) is 3.05. The van der Waals surface area contributed by atoms with Crippen LogP contribution in [0.5, 0.6) is 0 Å². The molecule has 1 aromatic heterocycles. The number of fused-ring (bicyclic) bond motifs is 1. The molecule has 1 saturated carbocycles. The van der Waals surface area contributed by atoms with E-state index in [1.54, 1.807) is 0 Å². The van der Waals surface area contributed by atoms with Crippen LogP contribution in [0.3, 0.4) is 0 Å². The van der Waals surface area contributed by atoms with Crippen LogP contribution in [-0.2, 0) is 0 Å². The van der Waals surface area contributed by atoms with Gasteiger partial charge in [-0.1, -0.05) is 25.3 Å². The van der Waals surface area contributed by atoms with Crippen LogP contribution < -0.4 is 4.90 Å². The van der Waals surface area contributed by atoms with E-state index in [1.807, 2.05) is 6.07 Å². The second-order valence-electron chi connectivity index (χ2n) is 5.36. The summed E-state index contributed by atoms with van der Waals surface area (Å²) in [5.41, 5.74) is 0. The minimum absolute atomic E-state index is 0.915. The molecule has 0 aromatic carbocycles. The van der Waals surface area contributed by atoms with Crippen LogP contribution in [0.2, 0.25) is 0 Å². The molecular weight excluding hydrogens is 276 g/mol. The monoisotopic (exact) mass is 294 g/mol. The predicted octanol–water partition coefficient (Wildman–Crippen LogP) is 3.86. The van der Waals surface area contributed by atoms with E-state index in [9.17, 15) is 0 Å². The SMILES string of the molecule is Brc1cccc(N2CCC3CCCCC3C2)n1. The van der Waals surface area contributed by atoms with Crippen LogP contribution >= 0.6 is 15.9 Å². The van der Waals surface area contributed by atoms with Gasteiger partial charge < -0.3 is 4.90 Å². The molecule has 0 N–H and O–H groups in total. The third kappa shape index (κ3) is 2.49. The molecule has 0 spiro atoms. The molecule has 2 heterocycles. The number of hydrogen-bond acceptors (Lipinski definition) is 2. The molecule has 3 heteroatoms. The standard InChI is InChI=1S/C14H19BrN2/c15-13-6-3-7-14(16-13)17-9-8-11-4-1-2-5-12(11)10-17/h3,6-7,11-12H,1-2,4-5,8-10H2. The summed E-state index contributed by atoms with van der Waals surface area (Å²) in [6.07, 6.45) is 7.13. The number of hydrogen-bond donors (Lipinski definition) is 0. The van der Waals surface area contributed by atoms with Crippen molar-refractivity contribution in [2.45, 2.75) is 32.1 Å². The van der Waals surface area contributed by atoms with Gasteiger partial charge in [-0.2, -0.15) is 0 Å². The van der Waals surface area contributed by atoms with Crippen molar-refractivity contribution in [3.05, 3.63) is 22.8 Å². The first-order valence-electron chi connectivity index (χ1n) is 6.70. The lowest BCUT2D eigenvalue weighted by atomic mass is 9.75. The average Bonchev–Trinajstić information content (AvgIpc) is 2.38. The summed E-state index contributed by atoms with van der Waals surface area (Å²) in [7, 11) is 0. The van der Waals surface area contributed by atoms with Crippen molar-refractivity contribution < 1.29 is 0 Å². The van der Waals surface area contributed by atoms with Crippen LogP contribution in [0.1, 0.15) is 32.1 Å².